The van der Waals surface area contributed by atoms with Crippen LogP contribution in [0.2, 0.25) is 0 Å². The number of carbonyl (C=O) groups excluding carboxylic acids is 2. The van der Waals surface area contributed by atoms with Gasteiger partial charge in [0, 0.05) is 31.4 Å². The molecule has 4 heterocycles. The lowest BCUT2D eigenvalue weighted by atomic mass is 9.91. The first-order valence-electron chi connectivity index (χ1n) is 16.0. The minimum atomic E-state index is -0.626. The fourth-order valence-corrected chi connectivity index (χ4v) is 6.10. The maximum atomic E-state index is 12.6. The van der Waals surface area contributed by atoms with Crippen molar-refractivity contribution in [2.75, 3.05) is 33.5 Å². The van der Waals surface area contributed by atoms with Crippen LogP contribution in [0.15, 0.2) is 22.2 Å². The Kier molecular flexibility index (Phi) is 10.3. The van der Waals surface area contributed by atoms with Crippen molar-refractivity contribution >= 4 is 53.3 Å². The van der Waals surface area contributed by atoms with Crippen molar-refractivity contribution in [1.29, 1.82) is 0 Å². The van der Waals surface area contributed by atoms with Crippen LogP contribution in [0, 0.1) is 5.92 Å². The molecule has 1 aliphatic carbocycles. The van der Waals surface area contributed by atoms with E-state index >= 15 is 0 Å². The zero-order valence-corrected chi connectivity index (χ0v) is 26.7. The van der Waals surface area contributed by atoms with Gasteiger partial charge in [-0.3, -0.25) is 14.5 Å². The van der Waals surface area contributed by atoms with Crippen LogP contribution in [0.25, 0.3) is 0 Å². The maximum absolute atomic E-state index is 12.6. The molecule has 248 valence electrons. The van der Waals surface area contributed by atoms with Gasteiger partial charge < -0.3 is 38.1 Å². The molecule has 3 aliphatic rings. The third-order valence-corrected chi connectivity index (χ3v) is 8.31. The monoisotopic (exact) mass is 635 g/mol. The first-order valence-corrected chi connectivity index (χ1v) is 16.0. The molecule has 46 heavy (non-hydrogen) atoms. The van der Waals surface area contributed by atoms with Crippen molar-refractivity contribution in [3.05, 3.63) is 12.3 Å². The fourth-order valence-electron chi connectivity index (χ4n) is 6.10. The van der Waals surface area contributed by atoms with E-state index in [1.807, 2.05) is 19.9 Å². The normalized spacial score (nSPS) is 23.3. The van der Waals surface area contributed by atoms with Crippen LogP contribution in [0.3, 0.4) is 0 Å². The summed E-state index contributed by atoms with van der Waals surface area (Å²) in [5.41, 5.74) is 17.4. The summed E-state index contributed by atoms with van der Waals surface area (Å²) in [4.78, 5) is 59.4. The lowest BCUT2D eigenvalue weighted by molar-refractivity contribution is -0.123. The molecule has 2 aliphatic heterocycles. The van der Waals surface area contributed by atoms with Crippen LogP contribution in [0.1, 0.15) is 72.1 Å². The molecule has 0 bridgehead atoms. The number of unbranched alkanes of at least 4 members (excludes halogenated alkanes) is 1. The van der Waals surface area contributed by atoms with E-state index < -0.39 is 6.04 Å². The predicted octanol–water partition coefficient (Wildman–Crippen LogP) is 0.973. The summed E-state index contributed by atoms with van der Waals surface area (Å²) in [6.07, 6.45) is 8.40. The van der Waals surface area contributed by atoms with E-state index in [0.717, 1.165) is 50.8 Å². The summed E-state index contributed by atoms with van der Waals surface area (Å²) < 4.78 is 0. The van der Waals surface area contributed by atoms with Crippen LogP contribution in [-0.2, 0) is 9.59 Å². The summed E-state index contributed by atoms with van der Waals surface area (Å²) in [6.45, 7) is 7.45. The first-order chi connectivity index (χ1) is 22.1. The zero-order chi connectivity index (χ0) is 32.8. The number of hydrogen-bond acceptors (Lipinski definition) is 13. The van der Waals surface area contributed by atoms with E-state index in [9.17, 15) is 9.59 Å². The standard InChI is InChI=1S/C29H45N15O2/c1-4-5-6-19-22(45)33-13-14-43(19)21-11-12-34-26(37-21)35-17-7-9-18(10-8-17)36-27-40-28(39-24(30)31)42-29(41-27)44-20(15-16(2)3)23(46)38-25(44)32/h11-12,16-20H,4-10,13-15H2,1-3H3,(H,33,45)(H2,32,38,46)(H,34,35,37)(H5,30,31,36,39,40,41,42). The molecule has 0 spiro atoms. The number of rotatable bonds is 12. The second-order valence-corrected chi connectivity index (χ2v) is 12.3. The lowest BCUT2D eigenvalue weighted by Gasteiger charge is -2.36. The number of nitrogens with two attached hydrogens (primary N) is 3. The maximum Gasteiger partial charge on any atom is 0.272 e. The van der Waals surface area contributed by atoms with Gasteiger partial charge in [0.2, 0.25) is 29.7 Å². The lowest BCUT2D eigenvalue weighted by Crippen LogP contribution is -2.55. The largest absolute Gasteiger partial charge is 0.370 e. The summed E-state index contributed by atoms with van der Waals surface area (Å²) >= 11 is 0. The smallest absolute Gasteiger partial charge is 0.272 e. The Hall–Kier alpha value is -4.83. The minimum absolute atomic E-state index is 0.00144. The van der Waals surface area contributed by atoms with Crippen LogP contribution in [0.5, 0.6) is 0 Å². The van der Waals surface area contributed by atoms with Gasteiger partial charge in [-0.2, -0.15) is 29.9 Å². The van der Waals surface area contributed by atoms with Gasteiger partial charge in [-0.15, -0.1) is 0 Å². The predicted molar refractivity (Wildman–Crippen MR) is 177 cm³/mol. The van der Waals surface area contributed by atoms with E-state index in [1.54, 1.807) is 6.20 Å². The summed E-state index contributed by atoms with van der Waals surface area (Å²) in [5, 5.41) is 9.86. The molecule has 0 aromatic carbocycles. The third kappa shape index (κ3) is 7.87. The molecule has 2 aromatic heterocycles. The van der Waals surface area contributed by atoms with E-state index in [0.29, 0.717) is 25.5 Å². The van der Waals surface area contributed by atoms with Gasteiger partial charge in [-0.05, 0) is 50.5 Å². The Morgan fingerprint density at radius 1 is 1.04 bits per heavy atom. The molecule has 2 amide bonds. The van der Waals surface area contributed by atoms with E-state index in [1.165, 1.54) is 4.90 Å². The molecule has 1 saturated heterocycles. The highest BCUT2D eigenvalue weighted by molar-refractivity contribution is 6.12. The first kappa shape index (κ1) is 32.6. The second kappa shape index (κ2) is 14.5. The zero-order valence-electron chi connectivity index (χ0n) is 26.7. The topological polar surface area (TPSA) is 244 Å². The molecule has 5 rings (SSSR count). The highest BCUT2D eigenvalue weighted by Crippen LogP contribution is 2.28. The number of guanidine groups is 2. The summed E-state index contributed by atoms with van der Waals surface area (Å²) in [7, 11) is 0. The SMILES string of the molecule is CCCCC1C(=O)NCCN1c1ccnc(NC2CCC(Nc3nc(N=C(N)N)nc(N4C(N)=NC(=O)C4CC(C)C)n3)CC2)n1. The van der Waals surface area contributed by atoms with E-state index in [4.69, 9.17) is 22.2 Å². The summed E-state index contributed by atoms with van der Waals surface area (Å²) in [6, 6.07) is 1.25. The van der Waals surface area contributed by atoms with Crippen molar-refractivity contribution < 1.29 is 9.59 Å². The highest BCUT2D eigenvalue weighted by atomic mass is 16.2. The molecule has 1 saturated carbocycles. The van der Waals surface area contributed by atoms with Crippen molar-refractivity contribution in [3.8, 4) is 0 Å². The molecule has 0 radical (unpaired) electrons. The molecule has 2 atom stereocenters. The number of piperazine rings is 1. The Morgan fingerprint density at radius 3 is 2.43 bits per heavy atom. The van der Waals surface area contributed by atoms with Crippen molar-refractivity contribution in [1.82, 2.24) is 30.2 Å². The van der Waals surface area contributed by atoms with Crippen LogP contribution < -0.4 is 43.0 Å². The number of hydrogen-bond donors (Lipinski definition) is 6. The molecule has 2 unspecified atom stereocenters. The molecule has 17 nitrogen and oxygen atoms in total. The molecule has 9 N–H and O–H groups in total. The Balaban J connectivity index is 1.24. The number of anilines is 4. The molecule has 2 fully saturated rings. The highest BCUT2D eigenvalue weighted by Gasteiger charge is 2.38. The van der Waals surface area contributed by atoms with Gasteiger partial charge in [-0.25, -0.2) is 4.98 Å². The molecule has 2 aromatic rings. The average Bonchev–Trinajstić information content (AvgIpc) is 3.28. The third-order valence-electron chi connectivity index (χ3n) is 8.31. The van der Waals surface area contributed by atoms with Crippen molar-refractivity contribution in [2.45, 2.75) is 96.3 Å². The van der Waals surface area contributed by atoms with Crippen LogP contribution >= 0.6 is 0 Å². The number of carbonyl (C=O) groups is 2. The Morgan fingerprint density at radius 2 is 1.76 bits per heavy atom. The average molecular weight is 636 g/mol. The van der Waals surface area contributed by atoms with Gasteiger partial charge in [0.25, 0.3) is 11.9 Å². The minimum Gasteiger partial charge on any atom is -0.370 e. The number of aromatic nitrogens is 5. The van der Waals surface area contributed by atoms with Crippen LogP contribution in [0.4, 0.5) is 29.6 Å². The number of aliphatic imine (C=N–C) groups is 2. The molecule has 17 heteroatoms. The van der Waals surface area contributed by atoms with E-state index in [-0.39, 0.29) is 65.6 Å². The number of amides is 2. The summed E-state index contributed by atoms with van der Waals surface area (Å²) in [5.74, 6) is 1.44. The van der Waals surface area contributed by atoms with Crippen molar-refractivity contribution in [2.24, 2.45) is 33.1 Å². The van der Waals surface area contributed by atoms with Gasteiger partial charge in [0.05, 0.1) is 0 Å². The quantitative estimate of drug-likeness (QED) is 0.141. The fraction of sp³-hybridized carbons (Fsp3) is 0.621. The Labute approximate surface area is 268 Å². The number of nitrogens with zero attached hydrogens (tertiary/aromatic N) is 9. The molecular formula is C29H45N15O2. The van der Waals surface area contributed by atoms with Crippen LogP contribution in [-0.4, -0.2) is 85.9 Å². The van der Waals surface area contributed by atoms with Gasteiger partial charge in [-0.1, -0.05) is 33.6 Å². The van der Waals surface area contributed by atoms with Crippen molar-refractivity contribution in [3.63, 3.8) is 0 Å². The van der Waals surface area contributed by atoms with Gasteiger partial charge in [0.15, 0.2) is 5.96 Å². The Bertz CT molecular complexity index is 1450. The second-order valence-electron chi connectivity index (χ2n) is 12.3. The molecular weight excluding hydrogens is 590 g/mol. The van der Waals surface area contributed by atoms with Gasteiger partial charge in [0.1, 0.15) is 17.9 Å². The van der Waals surface area contributed by atoms with E-state index in [2.05, 4.69) is 57.7 Å². The number of nitrogens with one attached hydrogen (secondary N) is 3. The van der Waals surface area contributed by atoms with Gasteiger partial charge >= 0.3 is 0 Å².